The van der Waals surface area contributed by atoms with Gasteiger partial charge in [0.1, 0.15) is 5.78 Å². The van der Waals surface area contributed by atoms with Gasteiger partial charge in [-0.15, -0.1) is 0 Å². The lowest BCUT2D eigenvalue weighted by Gasteiger charge is -2.03. The normalized spacial score (nSPS) is 12.9. The van der Waals surface area contributed by atoms with Crippen molar-refractivity contribution in [3.63, 3.8) is 0 Å². The molecule has 0 aliphatic rings. The maximum absolute atomic E-state index is 10.8. The van der Waals surface area contributed by atoms with Gasteiger partial charge in [-0.3, -0.25) is 4.79 Å². The third-order valence-electron chi connectivity index (χ3n) is 1.71. The van der Waals surface area contributed by atoms with E-state index >= 15 is 0 Å². The molecule has 4 nitrogen and oxygen atoms in total. The predicted octanol–water partition coefficient (Wildman–Crippen LogP) is -0.121. The molecule has 0 saturated carbocycles. The molecule has 0 aliphatic heterocycles. The molecule has 4 heteroatoms. The molecule has 1 rings (SSSR count). The van der Waals surface area contributed by atoms with Crippen LogP contribution in [0.3, 0.4) is 0 Å². The fraction of sp³-hybridized carbons (Fsp3) is 0.500. The molecule has 2 N–H and O–H groups in total. The minimum absolute atomic E-state index is 0.000605. The van der Waals surface area contributed by atoms with Crippen LogP contribution in [0.1, 0.15) is 12.6 Å². The maximum atomic E-state index is 10.8. The van der Waals surface area contributed by atoms with Crippen LogP contribution in [0.5, 0.6) is 0 Å². The fourth-order valence-electron chi connectivity index (χ4n) is 0.941. The van der Waals surface area contributed by atoms with Crippen molar-refractivity contribution < 1.29 is 4.79 Å². The Balaban J connectivity index is 2.58. The minimum Gasteiger partial charge on any atom is -0.340 e. The van der Waals surface area contributed by atoms with Gasteiger partial charge in [0.2, 0.25) is 0 Å². The largest absolute Gasteiger partial charge is 0.340 e. The Morgan fingerprint density at radius 2 is 2.50 bits per heavy atom. The minimum atomic E-state index is -0.417. The van der Waals surface area contributed by atoms with E-state index in [0.29, 0.717) is 6.42 Å². The highest BCUT2D eigenvalue weighted by Gasteiger charge is 2.09. The predicted molar refractivity (Wildman–Crippen MR) is 45.6 cm³/mol. The summed E-state index contributed by atoms with van der Waals surface area (Å²) in [5.74, 6) is 0.000605. The molecule has 1 aromatic rings. The van der Waals surface area contributed by atoms with Crippen LogP contribution in [-0.4, -0.2) is 21.4 Å². The number of Topliss-reactive ketones (excluding diaryl/α,β-unsaturated/α-hetero) is 1. The van der Waals surface area contributed by atoms with Crippen molar-refractivity contribution in [3.05, 3.63) is 18.2 Å². The molecule has 0 aromatic carbocycles. The van der Waals surface area contributed by atoms with Gasteiger partial charge in [0.25, 0.3) is 0 Å². The number of carbonyl (C=O) groups excluding carboxylic acids is 1. The van der Waals surface area contributed by atoms with Crippen molar-refractivity contribution in [2.75, 3.05) is 0 Å². The van der Waals surface area contributed by atoms with Crippen molar-refractivity contribution in [1.82, 2.24) is 9.55 Å². The Morgan fingerprint density at radius 1 is 1.83 bits per heavy atom. The smallest absolute Gasteiger partial charge is 0.146 e. The number of nitrogens with two attached hydrogens (primary N) is 1. The number of carbonyl (C=O) groups is 1. The van der Waals surface area contributed by atoms with Gasteiger partial charge < -0.3 is 10.3 Å². The average molecular weight is 167 g/mol. The highest BCUT2D eigenvalue weighted by molar-refractivity contribution is 5.81. The second kappa shape index (κ2) is 3.49. The van der Waals surface area contributed by atoms with E-state index in [-0.39, 0.29) is 5.78 Å². The standard InChI is InChI=1S/C8H13N3O/c1-6(12)8(9)3-7-4-11(2)5-10-7/h4-5,8H,3,9H2,1-2H3. The van der Waals surface area contributed by atoms with Gasteiger partial charge in [-0.2, -0.15) is 0 Å². The first-order valence-electron chi connectivity index (χ1n) is 3.82. The van der Waals surface area contributed by atoms with Gasteiger partial charge in [-0.1, -0.05) is 0 Å². The number of aryl methyl sites for hydroxylation is 1. The number of hydrogen-bond acceptors (Lipinski definition) is 3. The molecule has 1 atom stereocenters. The second-order valence-electron chi connectivity index (χ2n) is 2.95. The summed E-state index contributed by atoms with van der Waals surface area (Å²) in [6.45, 7) is 1.49. The van der Waals surface area contributed by atoms with Crippen molar-refractivity contribution in [2.45, 2.75) is 19.4 Å². The van der Waals surface area contributed by atoms with Crippen molar-refractivity contribution >= 4 is 5.78 Å². The highest BCUT2D eigenvalue weighted by atomic mass is 16.1. The lowest BCUT2D eigenvalue weighted by Crippen LogP contribution is -2.30. The van der Waals surface area contributed by atoms with E-state index in [0.717, 1.165) is 5.69 Å². The first-order valence-corrected chi connectivity index (χ1v) is 3.82. The van der Waals surface area contributed by atoms with Gasteiger partial charge in [-0.25, -0.2) is 4.98 Å². The average Bonchev–Trinajstić information content (AvgIpc) is 2.35. The Kier molecular flexibility index (Phi) is 2.60. The molecule has 0 bridgehead atoms. The number of rotatable bonds is 3. The Morgan fingerprint density at radius 3 is 2.92 bits per heavy atom. The molecule has 0 radical (unpaired) electrons. The number of imidazole rings is 1. The molecule has 0 aliphatic carbocycles. The molecule has 0 fully saturated rings. The number of hydrogen-bond donors (Lipinski definition) is 1. The molecular weight excluding hydrogens is 154 g/mol. The first-order chi connectivity index (χ1) is 5.59. The third kappa shape index (κ3) is 2.17. The second-order valence-corrected chi connectivity index (χ2v) is 2.95. The SMILES string of the molecule is CC(=O)C(N)Cc1cn(C)cn1. The van der Waals surface area contributed by atoms with E-state index in [1.54, 1.807) is 6.33 Å². The Bertz CT molecular complexity index is 280. The molecule has 66 valence electrons. The molecule has 1 heterocycles. The van der Waals surface area contributed by atoms with Crippen LogP contribution in [0, 0.1) is 0 Å². The highest BCUT2D eigenvalue weighted by Crippen LogP contribution is 1.98. The zero-order chi connectivity index (χ0) is 9.14. The van der Waals surface area contributed by atoms with E-state index < -0.39 is 6.04 Å². The van der Waals surface area contributed by atoms with Crippen LogP contribution in [0.4, 0.5) is 0 Å². The summed E-state index contributed by atoms with van der Waals surface area (Å²) in [6.07, 6.45) is 4.08. The van der Waals surface area contributed by atoms with E-state index in [4.69, 9.17) is 5.73 Å². The van der Waals surface area contributed by atoms with Crippen LogP contribution in [0.2, 0.25) is 0 Å². The van der Waals surface area contributed by atoms with Crippen LogP contribution in [0.25, 0.3) is 0 Å². The molecule has 12 heavy (non-hydrogen) atoms. The van der Waals surface area contributed by atoms with Crippen molar-refractivity contribution in [3.8, 4) is 0 Å². The summed E-state index contributed by atoms with van der Waals surface area (Å²) in [7, 11) is 1.88. The van der Waals surface area contributed by atoms with Crippen molar-refractivity contribution in [2.24, 2.45) is 12.8 Å². The zero-order valence-electron chi connectivity index (χ0n) is 7.32. The zero-order valence-corrected chi connectivity index (χ0v) is 7.32. The first kappa shape index (κ1) is 8.93. The molecule has 1 unspecified atom stereocenters. The molecule has 0 amide bonds. The molecule has 1 aromatic heterocycles. The van der Waals surface area contributed by atoms with Crippen molar-refractivity contribution in [1.29, 1.82) is 0 Å². The van der Waals surface area contributed by atoms with E-state index in [9.17, 15) is 4.79 Å². The summed E-state index contributed by atoms with van der Waals surface area (Å²) in [4.78, 5) is 14.9. The van der Waals surface area contributed by atoms with Crippen LogP contribution in [-0.2, 0) is 18.3 Å². The summed E-state index contributed by atoms with van der Waals surface area (Å²) >= 11 is 0. The Hall–Kier alpha value is -1.16. The molecule has 0 saturated heterocycles. The number of nitrogens with zero attached hydrogens (tertiary/aromatic N) is 2. The summed E-state index contributed by atoms with van der Waals surface area (Å²) in [5, 5.41) is 0. The quantitative estimate of drug-likeness (QED) is 0.682. The monoisotopic (exact) mass is 167 g/mol. The topological polar surface area (TPSA) is 60.9 Å². The summed E-state index contributed by atoms with van der Waals surface area (Å²) in [5.41, 5.74) is 6.42. The number of ketones is 1. The fourth-order valence-corrected chi connectivity index (χ4v) is 0.941. The van der Waals surface area contributed by atoms with Gasteiger partial charge in [0, 0.05) is 19.7 Å². The van der Waals surface area contributed by atoms with Crippen LogP contribution < -0.4 is 5.73 Å². The van der Waals surface area contributed by atoms with Gasteiger partial charge in [0.15, 0.2) is 0 Å². The summed E-state index contributed by atoms with van der Waals surface area (Å²) in [6, 6.07) is -0.417. The number of aromatic nitrogens is 2. The van der Waals surface area contributed by atoms with E-state index in [2.05, 4.69) is 4.98 Å². The van der Waals surface area contributed by atoms with E-state index in [1.807, 2.05) is 17.8 Å². The van der Waals surface area contributed by atoms with Gasteiger partial charge >= 0.3 is 0 Å². The Labute approximate surface area is 71.4 Å². The van der Waals surface area contributed by atoms with Gasteiger partial charge in [0.05, 0.1) is 18.1 Å². The molecular formula is C8H13N3O. The van der Waals surface area contributed by atoms with E-state index in [1.165, 1.54) is 6.92 Å². The van der Waals surface area contributed by atoms with Gasteiger partial charge in [-0.05, 0) is 6.92 Å². The lowest BCUT2D eigenvalue weighted by molar-refractivity contribution is -0.118. The van der Waals surface area contributed by atoms with Crippen LogP contribution in [0.15, 0.2) is 12.5 Å². The lowest BCUT2D eigenvalue weighted by atomic mass is 10.1. The molecule has 0 spiro atoms. The maximum Gasteiger partial charge on any atom is 0.146 e. The summed E-state index contributed by atoms with van der Waals surface area (Å²) < 4.78 is 1.84. The third-order valence-corrected chi connectivity index (χ3v) is 1.71. The van der Waals surface area contributed by atoms with Crippen LogP contribution >= 0.6 is 0 Å².